The van der Waals surface area contributed by atoms with Gasteiger partial charge in [-0.15, -0.1) is 0 Å². The average molecular weight is 242 g/mol. The van der Waals surface area contributed by atoms with E-state index in [-0.39, 0.29) is 0 Å². The van der Waals surface area contributed by atoms with Gasteiger partial charge in [0.2, 0.25) is 5.91 Å². The lowest BCUT2D eigenvalue weighted by Gasteiger charge is -2.28. The summed E-state index contributed by atoms with van der Waals surface area (Å²) >= 11 is 1.97. The lowest BCUT2D eigenvalue weighted by molar-refractivity contribution is -0.132. The van der Waals surface area contributed by atoms with Crippen molar-refractivity contribution in [2.75, 3.05) is 31.6 Å². The van der Waals surface area contributed by atoms with Crippen molar-refractivity contribution in [2.24, 2.45) is 5.92 Å². The second-order valence-electron chi connectivity index (χ2n) is 4.92. The zero-order valence-corrected chi connectivity index (χ0v) is 10.9. The number of nitrogens with zero attached hydrogens (tertiary/aromatic N) is 1. The lowest BCUT2D eigenvalue weighted by Crippen LogP contribution is -2.39. The second kappa shape index (κ2) is 5.92. The summed E-state index contributed by atoms with van der Waals surface area (Å²) in [6, 6.07) is 0.499. The molecule has 0 aliphatic carbocycles. The standard InChI is InChI=1S/C12H22N2OS/c1-14(11-4-7-16-9-11)12(15)8-10-2-5-13-6-3-10/h10-11,13H,2-9H2,1H3/t11-/m1/s1. The molecule has 2 heterocycles. The van der Waals surface area contributed by atoms with Crippen LogP contribution in [0.4, 0.5) is 0 Å². The molecular formula is C12H22N2OS. The maximum atomic E-state index is 12.1. The smallest absolute Gasteiger partial charge is 0.222 e. The Hall–Kier alpha value is -0.220. The fourth-order valence-electron chi connectivity index (χ4n) is 2.51. The summed E-state index contributed by atoms with van der Waals surface area (Å²) in [4.78, 5) is 14.1. The lowest BCUT2D eigenvalue weighted by atomic mass is 9.94. The predicted molar refractivity (Wildman–Crippen MR) is 68.7 cm³/mol. The Kier molecular flexibility index (Phi) is 4.53. The monoisotopic (exact) mass is 242 g/mol. The van der Waals surface area contributed by atoms with Gasteiger partial charge in [-0.2, -0.15) is 11.8 Å². The molecule has 0 aromatic heterocycles. The van der Waals surface area contributed by atoms with E-state index in [2.05, 4.69) is 5.32 Å². The number of thioether (sulfide) groups is 1. The second-order valence-corrected chi connectivity index (χ2v) is 6.07. The number of nitrogens with one attached hydrogen (secondary N) is 1. The summed E-state index contributed by atoms with van der Waals surface area (Å²) < 4.78 is 0. The largest absolute Gasteiger partial charge is 0.342 e. The third kappa shape index (κ3) is 3.14. The number of hydrogen-bond donors (Lipinski definition) is 1. The van der Waals surface area contributed by atoms with E-state index in [0.29, 0.717) is 17.9 Å². The van der Waals surface area contributed by atoms with Gasteiger partial charge in [0, 0.05) is 25.3 Å². The highest BCUT2D eigenvalue weighted by Gasteiger charge is 2.25. The van der Waals surface area contributed by atoms with Crippen LogP contribution in [0.1, 0.15) is 25.7 Å². The molecule has 4 heteroatoms. The summed E-state index contributed by atoms with van der Waals surface area (Å²) in [7, 11) is 1.99. The van der Waals surface area contributed by atoms with Crippen LogP contribution in [0.3, 0.4) is 0 Å². The molecule has 2 aliphatic heterocycles. The van der Waals surface area contributed by atoms with E-state index >= 15 is 0 Å². The third-order valence-corrected chi connectivity index (χ3v) is 4.91. The summed E-state index contributed by atoms with van der Waals surface area (Å²) in [5.74, 6) is 3.33. The fourth-order valence-corrected chi connectivity index (χ4v) is 3.78. The van der Waals surface area contributed by atoms with Crippen molar-refractivity contribution in [1.82, 2.24) is 10.2 Å². The molecule has 0 aromatic rings. The minimum absolute atomic E-state index is 0.361. The number of carbonyl (C=O) groups is 1. The molecule has 0 aromatic carbocycles. The van der Waals surface area contributed by atoms with Gasteiger partial charge in [0.1, 0.15) is 0 Å². The molecule has 1 N–H and O–H groups in total. The summed E-state index contributed by atoms with van der Waals surface area (Å²) in [5.41, 5.74) is 0. The zero-order chi connectivity index (χ0) is 11.4. The first-order chi connectivity index (χ1) is 7.77. The van der Waals surface area contributed by atoms with Gasteiger partial charge < -0.3 is 10.2 Å². The Morgan fingerprint density at radius 1 is 1.38 bits per heavy atom. The molecule has 1 amide bonds. The fraction of sp³-hybridized carbons (Fsp3) is 0.917. The van der Waals surface area contributed by atoms with E-state index in [4.69, 9.17) is 0 Å². The molecule has 3 nitrogen and oxygen atoms in total. The van der Waals surface area contributed by atoms with Crippen molar-refractivity contribution in [1.29, 1.82) is 0 Å². The third-order valence-electron chi connectivity index (χ3n) is 3.77. The van der Waals surface area contributed by atoms with Gasteiger partial charge in [-0.3, -0.25) is 4.79 Å². The first-order valence-electron chi connectivity index (χ1n) is 6.31. The molecule has 0 unspecified atom stereocenters. The molecule has 92 valence electrons. The van der Waals surface area contributed by atoms with Crippen molar-refractivity contribution in [2.45, 2.75) is 31.7 Å². The van der Waals surface area contributed by atoms with Gasteiger partial charge in [-0.25, -0.2) is 0 Å². The van der Waals surface area contributed by atoms with E-state index in [1.807, 2.05) is 23.7 Å². The van der Waals surface area contributed by atoms with Gasteiger partial charge in [-0.1, -0.05) is 0 Å². The first-order valence-corrected chi connectivity index (χ1v) is 7.47. The van der Waals surface area contributed by atoms with Crippen LogP contribution in [0, 0.1) is 5.92 Å². The van der Waals surface area contributed by atoms with Crippen molar-refractivity contribution in [3.8, 4) is 0 Å². The van der Waals surface area contributed by atoms with Crippen LogP contribution in [-0.2, 0) is 4.79 Å². The van der Waals surface area contributed by atoms with Crippen molar-refractivity contribution in [3.05, 3.63) is 0 Å². The van der Waals surface area contributed by atoms with Crippen molar-refractivity contribution < 1.29 is 4.79 Å². The minimum Gasteiger partial charge on any atom is -0.342 e. The Bertz CT molecular complexity index is 235. The normalized spacial score (nSPS) is 26.9. The Labute approximate surface area is 102 Å². The van der Waals surface area contributed by atoms with Gasteiger partial charge >= 0.3 is 0 Å². The van der Waals surface area contributed by atoms with Crippen LogP contribution in [0.25, 0.3) is 0 Å². The summed E-state index contributed by atoms with van der Waals surface area (Å²) in [5, 5.41) is 3.34. The van der Waals surface area contributed by atoms with E-state index in [0.717, 1.165) is 25.3 Å². The first kappa shape index (κ1) is 12.2. The van der Waals surface area contributed by atoms with Gasteiger partial charge in [0.25, 0.3) is 0 Å². The molecule has 1 atom stereocenters. The molecule has 0 radical (unpaired) electrons. The summed E-state index contributed by atoms with van der Waals surface area (Å²) in [6.07, 6.45) is 4.27. The zero-order valence-electron chi connectivity index (χ0n) is 10.1. The van der Waals surface area contributed by atoms with Crippen LogP contribution >= 0.6 is 11.8 Å². The van der Waals surface area contributed by atoms with Crippen LogP contribution in [0.15, 0.2) is 0 Å². The SMILES string of the molecule is CN(C(=O)CC1CCNCC1)[C@@H]1CCSC1. The maximum absolute atomic E-state index is 12.1. The molecule has 2 aliphatic rings. The number of rotatable bonds is 3. The van der Waals surface area contributed by atoms with Crippen LogP contribution in [0.2, 0.25) is 0 Å². The maximum Gasteiger partial charge on any atom is 0.222 e. The minimum atomic E-state index is 0.361. The Morgan fingerprint density at radius 3 is 2.75 bits per heavy atom. The molecule has 2 fully saturated rings. The molecule has 0 spiro atoms. The van der Waals surface area contributed by atoms with E-state index < -0.39 is 0 Å². The number of amides is 1. The number of carbonyl (C=O) groups excluding carboxylic acids is 1. The highest BCUT2D eigenvalue weighted by Crippen LogP contribution is 2.23. The molecule has 2 rings (SSSR count). The van der Waals surface area contributed by atoms with Crippen molar-refractivity contribution >= 4 is 17.7 Å². The Morgan fingerprint density at radius 2 is 2.12 bits per heavy atom. The molecule has 16 heavy (non-hydrogen) atoms. The molecule has 2 saturated heterocycles. The van der Waals surface area contributed by atoms with E-state index in [1.165, 1.54) is 25.0 Å². The van der Waals surface area contributed by atoms with Crippen LogP contribution < -0.4 is 5.32 Å². The number of piperidine rings is 1. The molecule has 0 bridgehead atoms. The van der Waals surface area contributed by atoms with Gasteiger partial charge in [0.05, 0.1) is 0 Å². The molecule has 0 saturated carbocycles. The van der Waals surface area contributed by atoms with Crippen LogP contribution in [-0.4, -0.2) is 48.5 Å². The quantitative estimate of drug-likeness (QED) is 0.810. The van der Waals surface area contributed by atoms with Gasteiger partial charge in [-0.05, 0) is 44.0 Å². The highest BCUT2D eigenvalue weighted by molar-refractivity contribution is 7.99. The van der Waals surface area contributed by atoms with E-state index in [9.17, 15) is 4.79 Å². The van der Waals surface area contributed by atoms with Crippen LogP contribution in [0.5, 0.6) is 0 Å². The Balaban J connectivity index is 1.77. The topological polar surface area (TPSA) is 32.3 Å². The number of hydrogen-bond acceptors (Lipinski definition) is 3. The van der Waals surface area contributed by atoms with Crippen molar-refractivity contribution in [3.63, 3.8) is 0 Å². The molecular weight excluding hydrogens is 220 g/mol. The van der Waals surface area contributed by atoms with E-state index in [1.54, 1.807) is 0 Å². The predicted octanol–water partition coefficient (Wildman–Crippen LogP) is 1.34. The highest BCUT2D eigenvalue weighted by atomic mass is 32.2. The average Bonchev–Trinajstić information content (AvgIpc) is 2.83. The summed E-state index contributed by atoms with van der Waals surface area (Å²) in [6.45, 7) is 2.17. The van der Waals surface area contributed by atoms with Gasteiger partial charge in [0.15, 0.2) is 0 Å².